The molecule has 0 aromatic rings. The van der Waals surface area contributed by atoms with E-state index in [0.717, 1.165) is 83.5 Å². The summed E-state index contributed by atoms with van der Waals surface area (Å²) in [5, 5.41) is 2.99. The Hall–Kier alpha value is -2.29. The molecule has 1 N–H and O–H groups in total. The number of allylic oxidation sites excluding steroid dienone is 9. The first-order chi connectivity index (χ1) is 30.4. The maximum absolute atomic E-state index is 13.4. The summed E-state index contributed by atoms with van der Waals surface area (Å²) in [7, 11) is 1.15. The molecule has 0 aliphatic rings. The summed E-state index contributed by atoms with van der Waals surface area (Å²) >= 11 is 0. The lowest BCUT2D eigenvalue weighted by Gasteiger charge is -2.30. The molecule has 9 nitrogen and oxygen atoms in total. The number of nitrogens with zero attached hydrogens (tertiary/aromatic N) is 1. The van der Waals surface area contributed by atoms with E-state index in [4.69, 9.17) is 13.8 Å². The highest BCUT2D eigenvalue weighted by Crippen LogP contribution is 2.38. The van der Waals surface area contributed by atoms with Gasteiger partial charge in [-0.15, -0.1) is 0 Å². The predicted octanol–water partition coefficient (Wildman–Crippen LogP) is 14.1. The monoisotopic (exact) mass is 905 g/mol. The number of phosphoric ester groups is 1. The van der Waals surface area contributed by atoms with Crippen molar-refractivity contribution < 1.29 is 37.3 Å². The maximum atomic E-state index is 13.4. The zero-order valence-electron chi connectivity index (χ0n) is 41.5. The normalized spacial score (nSPS) is 14.5. The third-order valence-electron chi connectivity index (χ3n) is 11.0. The number of hydrogen-bond donors (Lipinski definition) is 1. The Balaban J connectivity index is 5.49. The van der Waals surface area contributed by atoms with E-state index in [9.17, 15) is 19.0 Å². The van der Waals surface area contributed by atoms with Crippen molar-refractivity contribution in [2.75, 3.05) is 40.9 Å². The van der Waals surface area contributed by atoms with Crippen LogP contribution >= 0.6 is 7.82 Å². The smallest absolute Gasteiger partial charge is 0.306 e. The molecule has 0 fully saturated rings. The lowest BCUT2D eigenvalue weighted by molar-refractivity contribution is -0.870. The number of carbonyl (C=O) groups is 2. The fourth-order valence-electron chi connectivity index (χ4n) is 6.98. The van der Waals surface area contributed by atoms with E-state index in [-0.39, 0.29) is 31.3 Å². The van der Waals surface area contributed by atoms with Gasteiger partial charge in [0.25, 0.3) is 7.82 Å². The van der Waals surface area contributed by atoms with Crippen molar-refractivity contribution in [1.29, 1.82) is 0 Å². The standard InChI is InChI=1S/C53H97N2O7P/c1-7-10-13-16-19-22-25-27-30-33-36-39-42-45-52(56)54-50(49-61-63(58,59)60-48-47-55(4,5)6)51(44-41-38-35-32-29-24-21-18-15-12-9-3)62-53(57)46-43-40-37-34-31-28-26-23-20-17-14-11-8-2/h10,13,16,19,22,25,28,31,41,44,50-51H,7-9,11-12,14-15,17-18,20-21,23-24,26-27,29-30,32-40,42-43,45-49H2,1-6H3,(H-,54,56,58,59)/b13-10+,19-16+,25-22-,31-28-,44-41+. The maximum Gasteiger partial charge on any atom is 0.306 e. The van der Waals surface area contributed by atoms with E-state index in [0.29, 0.717) is 23.9 Å². The lowest BCUT2D eigenvalue weighted by atomic mass is 10.1. The summed E-state index contributed by atoms with van der Waals surface area (Å²) in [6.07, 6.45) is 51.9. The molecule has 0 aromatic heterocycles. The highest BCUT2D eigenvalue weighted by Gasteiger charge is 2.27. The number of hydrogen-bond acceptors (Lipinski definition) is 7. The van der Waals surface area contributed by atoms with Gasteiger partial charge in [0.1, 0.15) is 19.3 Å². The Morgan fingerprint density at radius 2 is 1.03 bits per heavy atom. The van der Waals surface area contributed by atoms with Gasteiger partial charge in [0, 0.05) is 12.8 Å². The summed E-state index contributed by atoms with van der Waals surface area (Å²) < 4.78 is 30.0. The van der Waals surface area contributed by atoms with E-state index in [1.54, 1.807) is 0 Å². The van der Waals surface area contributed by atoms with Gasteiger partial charge >= 0.3 is 5.97 Å². The summed E-state index contributed by atoms with van der Waals surface area (Å²) in [5.41, 5.74) is 0. The molecule has 1 amide bonds. The molecule has 0 saturated heterocycles. The van der Waals surface area contributed by atoms with Crippen LogP contribution < -0.4 is 10.2 Å². The molecule has 3 atom stereocenters. The number of amides is 1. The largest absolute Gasteiger partial charge is 0.756 e. The number of esters is 1. The zero-order valence-corrected chi connectivity index (χ0v) is 42.4. The number of rotatable bonds is 45. The van der Waals surface area contributed by atoms with Gasteiger partial charge in [-0.05, 0) is 76.7 Å². The van der Waals surface area contributed by atoms with Gasteiger partial charge in [-0.25, -0.2) is 0 Å². The van der Waals surface area contributed by atoms with Crippen LogP contribution in [0.5, 0.6) is 0 Å². The van der Waals surface area contributed by atoms with Gasteiger partial charge in [-0.3, -0.25) is 14.2 Å². The molecule has 3 unspecified atom stereocenters. The lowest BCUT2D eigenvalue weighted by Crippen LogP contribution is -2.47. The first-order valence-corrected chi connectivity index (χ1v) is 27.1. The zero-order chi connectivity index (χ0) is 46.5. The summed E-state index contributed by atoms with van der Waals surface area (Å²) in [4.78, 5) is 39.6. The third kappa shape index (κ3) is 44.7. The Bertz CT molecular complexity index is 1270. The number of ether oxygens (including phenoxy) is 1. The molecule has 366 valence electrons. The first kappa shape index (κ1) is 60.7. The Labute approximate surface area is 388 Å². The van der Waals surface area contributed by atoms with Crippen molar-refractivity contribution in [2.45, 2.75) is 226 Å². The van der Waals surface area contributed by atoms with Crippen molar-refractivity contribution >= 4 is 19.7 Å². The number of phosphoric acid groups is 1. The number of nitrogens with one attached hydrogen (secondary N) is 1. The van der Waals surface area contributed by atoms with E-state index >= 15 is 0 Å². The Kier molecular flexibility index (Phi) is 42.0. The molecule has 0 radical (unpaired) electrons. The minimum Gasteiger partial charge on any atom is -0.756 e. The van der Waals surface area contributed by atoms with E-state index < -0.39 is 26.6 Å². The summed E-state index contributed by atoms with van der Waals surface area (Å²) in [6, 6.07) is -0.903. The fraction of sp³-hybridized carbons (Fsp3) is 0.774. The van der Waals surface area contributed by atoms with Gasteiger partial charge in [0.05, 0.1) is 33.8 Å². The topological polar surface area (TPSA) is 114 Å². The fourth-order valence-corrected chi connectivity index (χ4v) is 7.71. The Morgan fingerprint density at radius 1 is 0.571 bits per heavy atom. The number of unbranched alkanes of at least 4 members (excludes halogenated alkanes) is 23. The van der Waals surface area contributed by atoms with Crippen molar-refractivity contribution in [3.05, 3.63) is 60.8 Å². The number of carbonyl (C=O) groups excluding carboxylic acids is 2. The summed E-state index contributed by atoms with van der Waals surface area (Å²) in [5.74, 6) is -0.589. The van der Waals surface area contributed by atoms with Crippen molar-refractivity contribution in [3.63, 3.8) is 0 Å². The minimum absolute atomic E-state index is 0.0305. The van der Waals surface area contributed by atoms with E-state index in [1.807, 2.05) is 39.4 Å². The van der Waals surface area contributed by atoms with Gasteiger partial charge in [0.2, 0.25) is 5.91 Å². The molecule has 10 heteroatoms. The van der Waals surface area contributed by atoms with E-state index in [1.165, 1.54) is 83.5 Å². The van der Waals surface area contributed by atoms with Crippen LogP contribution in [0.4, 0.5) is 0 Å². The van der Waals surface area contributed by atoms with Crippen molar-refractivity contribution in [3.8, 4) is 0 Å². The van der Waals surface area contributed by atoms with Crippen LogP contribution in [0, 0.1) is 0 Å². The number of likely N-dealkylation sites (N-methyl/N-ethyl adjacent to an activating group) is 1. The molecule has 0 aliphatic carbocycles. The molecule has 0 bridgehead atoms. The SMILES string of the molecule is CC/C=C/C=C/C=C\CCCCCCCC(=O)NC(COP(=O)([O-])OCC[N+](C)(C)C)C(/C=C/CCCCCCCCCCC)OC(=O)CCCCC/C=C\CCCCCCCC. The molecule has 0 heterocycles. The highest BCUT2D eigenvalue weighted by molar-refractivity contribution is 7.45. The molecule has 0 rings (SSSR count). The molecule has 63 heavy (non-hydrogen) atoms. The second kappa shape index (κ2) is 43.6. The summed E-state index contributed by atoms with van der Waals surface area (Å²) in [6.45, 7) is 6.64. The molecule has 0 aliphatic heterocycles. The molecule has 0 spiro atoms. The van der Waals surface area contributed by atoms with Crippen LogP contribution in [0.2, 0.25) is 0 Å². The van der Waals surface area contributed by atoms with Gasteiger partial charge in [-0.2, -0.15) is 0 Å². The second-order valence-electron chi connectivity index (χ2n) is 18.3. The quantitative estimate of drug-likeness (QED) is 0.0162. The first-order valence-electron chi connectivity index (χ1n) is 25.6. The second-order valence-corrected chi connectivity index (χ2v) is 19.8. The van der Waals surface area contributed by atoms with Crippen LogP contribution in [0.3, 0.4) is 0 Å². The Morgan fingerprint density at radius 3 is 1.57 bits per heavy atom. The van der Waals surface area contributed by atoms with Crippen LogP contribution in [0.1, 0.15) is 213 Å². The van der Waals surface area contributed by atoms with Crippen LogP contribution in [0.15, 0.2) is 60.8 Å². The minimum atomic E-state index is -4.69. The van der Waals surface area contributed by atoms with Crippen LogP contribution in [-0.2, 0) is 27.9 Å². The van der Waals surface area contributed by atoms with E-state index in [2.05, 4.69) is 68.6 Å². The van der Waals surface area contributed by atoms with Gasteiger partial charge in [-0.1, -0.05) is 185 Å². The average molecular weight is 905 g/mol. The van der Waals surface area contributed by atoms with Gasteiger partial charge < -0.3 is 28.5 Å². The highest BCUT2D eigenvalue weighted by atomic mass is 31.2. The molecule has 0 aromatic carbocycles. The van der Waals surface area contributed by atoms with Crippen LogP contribution in [0.25, 0.3) is 0 Å². The molecule has 0 saturated carbocycles. The van der Waals surface area contributed by atoms with Crippen molar-refractivity contribution in [2.24, 2.45) is 0 Å². The molecular formula is C53H97N2O7P. The van der Waals surface area contributed by atoms with Crippen molar-refractivity contribution in [1.82, 2.24) is 5.32 Å². The average Bonchev–Trinajstić information content (AvgIpc) is 3.23. The molecular weight excluding hydrogens is 808 g/mol. The van der Waals surface area contributed by atoms with Crippen LogP contribution in [-0.4, -0.2) is 69.4 Å². The predicted molar refractivity (Wildman–Crippen MR) is 265 cm³/mol. The number of quaternary nitrogens is 1. The third-order valence-corrected chi connectivity index (χ3v) is 12.0. The van der Waals surface area contributed by atoms with Gasteiger partial charge in [0.15, 0.2) is 0 Å².